The van der Waals surface area contributed by atoms with Crippen LogP contribution in [0.5, 0.6) is 0 Å². The lowest BCUT2D eigenvalue weighted by Crippen LogP contribution is -2.51. The number of piperidine rings is 1. The van der Waals surface area contributed by atoms with Crippen molar-refractivity contribution in [3.63, 3.8) is 0 Å². The maximum absolute atomic E-state index is 12.9. The molecule has 0 spiro atoms. The van der Waals surface area contributed by atoms with Crippen molar-refractivity contribution in [2.24, 2.45) is 5.92 Å². The van der Waals surface area contributed by atoms with Gasteiger partial charge < -0.3 is 9.64 Å². The van der Waals surface area contributed by atoms with Gasteiger partial charge in [0.25, 0.3) is 5.69 Å². The second kappa shape index (κ2) is 8.55. The van der Waals surface area contributed by atoms with Gasteiger partial charge in [-0.3, -0.25) is 24.0 Å². The molecular formula is C17H23N3O7S. The fraction of sp³-hybridized carbons (Fsp3) is 0.529. The lowest BCUT2D eigenvalue weighted by atomic mass is 9.96. The van der Waals surface area contributed by atoms with Crippen LogP contribution in [0.3, 0.4) is 0 Å². The second-order valence-electron chi connectivity index (χ2n) is 6.63. The largest absolute Gasteiger partial charge is 0.469 e. The molecule has 1 amide bonds. The summed E-state index contributed by atoms with van der Waals surface area (Å²) in [4.78, 5) is 36.4. The second-order valence-corrected chi connectivity index (χ2v) is 8.49. The third-order valence-electron chi connectivity index (χ3n) is 4.70. The van der Waals surface area contributed by atoms with Crippen molar-refractivity contribution in [3.8, 4) is 0 Å². The average molecular weight is 413 g/mol. The number of methoxy groups -OCH3 is 1. The highest BCUT2D eigenvalue weighted by atomic mass is 32.2. The highest BCUT2D eigenvalue weighted by molar-refractivity contribution is 7.92. The quantitative estimate of drug-likeness (QED) is 0.389. The maximum Gasteiger partial charge on any atom is 0.308 e. The number of hydrogen-bond donors (Lipinski definition) is 0. The van der Waals surface area contributed by atoms with Gasteiger partial charge in [-0.15, -0.1) is 0 Å². The first-order valence-corrected chi connectivity index (χ1v) is 10.5. The first-order valence-electron chi connectivity index (χ1n) is 8.66. The summed E-state index contributed by atoms with van der Waals surface area (Å²) in [5.41, 5.74) is -0.230. The van der Waals surface area contributed by atoms with E-state index >= 15 is 0 Å². The minimum atomic E-state index is -3.88. The number of hydrogen-bond acceptors (Lipinski definition) is 7. The number of sulfonamides is 1. The molecule has 1 atom stereocenters. The van der Waals surface area contributed by atoms with Crippen LogP contribution in [0.2, 0.25) is 0 Å². The minimum Gasteiger partial charge on any atom is -0.469 e. The third kappa shape index (κ3) is 4.77. The van der Waals surface area contributed by atoms with Crippen LogP contribution in [0.1, 0.15) is 19.8 Å². The van der Waals surface area contributed by atoms with E-state index in [4.69, 9.17) is 4.74 Å². The van der Waals surface area contributed by atoms with E-state index in [2.05, 4.69) is 0 Å². The Morgan fingerprint density at radius 3 is 2.43 bits per heavy atom. The van der Waals surface area contributed by atoms with E-state index in [-0.39, 0.29) is 23.3 Å². The van der Waals surface area contributed by atoms with Crippen LogP contribution < -0.4 is 4.31 Å². The maximum atomic E-state index is 12.9. The normalized spacial score (nSPS) is 16.3. The lowest BCUT2D eigenvalue weighted by Gasteiger charge is -2.35. The molecule has 0 aromatic heterocycles. The summed E-state index contributed by atoms with van der Waals surface area (Å²) in [6, 6.07) is 4.04. The number of carbonyl (C=O) groups excluding carboxylic acids is 2. The van der Waals surface area contributed by atoms with Crippen LogP contribution in [0.4, 0.5) is 11.4 Å². The zero-order chi connectivity index (χ0) is 21.1. The number of benzene rings is 1. The van der Waals surface area contributed by atoms with Crippen LogP contribution >= 0.6 is 0 Å². The smallest absolute Gasteiger partial charge is 0.308 e. The van der Waals surface area contributed by atoms with Gasteiger partial charge in [-0.2, -0.15) is 0 Å². The van der Waals surface area contributed by atoms with Gasteiger partial charge >= 0.3 is 5.97 Å². The Morgan fingerprint density at radius 2 is 1.93 bits per heavy atom. The third-order valence-corrected chi connectivity index (χ3v) is 5.94. The van der Waals surface area contributed by atoms with Gasteiger partial charge in [0, 0.05) is 25.2 Å². The molecule has 1 saturated heterocycles. The van der Waals surface area contributed by atoms with Crippen LogP contribution in [-0.2, 0) is 24.3 Å². The van der Waals surface area contributed by atoms with Crippen molar-refractivity contribution < 1.29 is 27.7 Å². The summed E-state index contributed by atoms with van der Waals surface area (Å²) in [7, 11) is -2.57. The van der Waals surface area contributed by atoms with Crippen LogP contribution in [0.15, 0.2) is 24.3 Å². The average Bonchev–Trinajstić information content (AvgIpc) is 2.66. The van der Waals surface area contributed by atoms with Gasteiger partial charge in [-0.05, 0) is 25.8 Å². The Kier molecular flexibility index (Phi) is 6.60. The number of non-ortho nitro benzene ring substituents is 1. The number of nitrogens with zero attached hydrogens (tertiary/aromatic N) is 3. The SMILES string of the molecule is COC(=O)C1CCN(C(=O)[C@@H](C)N(c2cccc([N+](=O)[O-])c2)S(C)(=O)=O)CC1. The Labute approximate surface area is 163 Å². The standard InChI is InChI=1S/C17H23N3O7S/c1-12(16(21)18-9-7-13(8-10-18)17(22)27-2)19(28(3,25)26)14-5-4-6-15(11-14)20(23)24/h4-6,11-13H,7-10H2,1-3H3/t12-/m1/s1. The summed E-state index contributed by atoms with van der Waals surface area (Å²) < 4.78 is 30.3. The fourth-order valence-electron chi connectivity index (χ4n) is 3.31. The molecule has 1 aromatic carbocycles. The Morgan fingerprint density at radius 1 is 1.32 bits per heavy atom. The van der Waals surface area contributed by atoms with E-state index in [0.29, 0.717) is 25.9 Å². The van der Waals surface area contributed by atoms with Crippen molar-refractivity contribution in [1.29, 1.82) is 0 Å². The molecule has 10 nitrogen and oxygen atoms in total. The topological polar surface area (TPSA) is 127 Å². The van der Waals surface area contributed by atoms with Crippen molar-refractivity contribution >= 4 is 33.3 Å². The van der Waals surface area contributed by atoms with Crippen LogP contribution in [0.25, 0.3) is 0 Å². The highest BCUT2D eigenvalue weighted by Crippen LogP contribution is 2.27. The summed E-state index contributed by atoms with van der Waals surface area (Å²) in [5, 5.41) is 11.0. The molecule has 2 rings (SSSR count). The molecule has 0 bridgehead atoms. The molecule has 1 heterocycles. The number of amides is 1. The molecular weight excluding hydrogens is 390 g/mol. The molecule has 1 aliphatic rings. The first-order chi connectivity index (χ1) is 13.1. The van der Waals surface area contributed by atoms with Gasteiger partial charge in [-0.1, -0.05) is 6.07 Å². The summed E-state index contributed by atoms with van der Waals surface area (Å²) in [6.07, 6.45) is 1.81. The molecule has 0 radical (unpaired) electrons. The van der Waals surface area contributed by atoms with Crippen LogP contribution in [-0.4, -0.2) is 62.6 Å². The predicted octanol–water partition coefficient (Wildman–Crippen LogP) is 1.16. The molecule has 1 aliphatic heterocycles. The van der Waals surface area contributed by atoms with E-state index in [1.54, 1.807) is 0 Å². The molecule has 28 heavy (non-hydrogen) atoms. The van der Waals surface area contributed by atoms with Gasteiger partial charge in [0.15, 0.2) is 0 Å². The minimum absolute atomic E-state index is 0.0435. The van der Waals surface area contributed by atoms with E-state index in [1.165, 1.54) is 37.1 Å². The van der Waals surface area contributed by atoms with E-state index in [1.807, 2.05) is 0 Å². The molecule has 0 unspecified atom stereocenters. The van der Waals surface area contributed by atoms with Crippen molar-refractivity contribution in [3.05, 3.63) is 34.4 Å². The van der Waals surface area contributed by atoms with Gasteiger partial charge in [0.2, 0.25) is 15.9 Å². The number of rotatable bonds is 6. The molecule has 154 valence electrons. The Bertz CT molecular complexity index is 863. The summed E-state index contributed by atoms with van der Waals surface area (Å²) >= 11 is 0. The molecule has 0 saturated carbocycles. The van der Waals surface area contributed by atoms with Gasteiger partial charge in [0.05, 0.1) is 29.9 Å². The van der Waals surface area contributed by atoms with Gasteiger partial charge in [-0.25, -0.2) is 8.42 Å². The Balaban J connectivity index is 2.23. The first kappa shape index (κ1) is 21.6. The summed E-state index contributed by atoms with van der Waals surface area (Å²) in [5.74, 6) is -1.04. The molecule has 1 aromatic rings. The number of ether oxygens (including phenoxy) is 1. The summed E-state index contributed by atoms with van der Waals surface area (Å²) in [6.45, 7) is 2.04. The number of carbonyl (C=O) groups is 2. The van der Waals surface area contributed by atoms with Crippen molar-refractivity contribution in [2.75, 3.05) is 30.8 Å². The monoisotopic (exact) mass is 413 g/mol. The number of nitro benzene ring substituents is 1. The van der Waals surface area contributed by atoms with Crippen molar-refractivity contribution in [1.82, 2.24) is 4.90 Å². The van der Waals surface area contributed by atoms with Gasteiger partial charge in [0.1, 0.15) is 6.04 Å². The van der Waals surface area contributed by atoms with E-state index in [9.17, 15) is 28.1 Å². The molecule has 1 fully saturated rings. The van der Waals surface area contributed by atoms with E-state index in [0.717, 1.165) is 16.6 Å². The predicted molar refractivity (Wildman–Crippen MR) is 101 cm³/mol. The number of nitro groups is 1. The number of esters is 1. The molecule has 0 N–H and O–H groups in total. The lowest BCUT2D eigenvalue weighted by molar-refractivity contribution is -0.384. The zero-order valence-corrected chi connectivity index (χ0v) is 16.7. The van der Waals surface area contributed by atoms with Crippen molar-refractivity contribution in [2.45, 2.75) is 25.8 Å². The zero-order valence-electron chi connectivity index (χ0n) is 15.9. The van der Waals surface area contributed by atoms with E-state index < -0.39 is 26.9 Å². The number of likely N-dealkylation sites (tertiary alicyclic amines) is 1. The Hall–Kier alpha value is -2.69. The molecule has 11 heteroatoms. The number of anilines is 1. The fourth-order valence-corrected chi connectivity index (χ4v) is 4.47. The molecule has 0 aliphatic carbocycles. The highest BCUT2D eigenvalue weighted by Gasteiger charge is 2.35. The van der Waals surface area contributed by atoms with Crippen LogP contribution in [0, 0.1) is 16.0 Å².